The van der Waals surface area contributed by atoms with Crippen LogP contribution in [0.5, 0.6) is 0 Å². The number of aromatic amines is 1. The van der Waals surface area contributed by atoms with Crippen LogP contribution in [0.25, 0.3) is 0 Å². The van der Waals surface area contributed by atoms with E-state index >= 15 is 0 Å². The van der Waals surface area contributed by atoms with Gasteiger partial charge in [0.15, 0.2) is 5.16 Å². The van der Waals surface area contributed by atoms with Crippen molar-refractivity contribution in [3.05, 3.63) is 22.6 Å². The van der Waals surface area contributed by atoms with Crippen LogP contribution in [0, 0.1) is 0 Å². The number of aromatic nitrogens is 4. The second-order valence-electron chi connectivity index (χ2n) is 3.14. The summed E-state index contributed by atoms with van der Waals surface area (Å²) in [6, 6.07) is 1.21. The molecule has 2 rings (SSSR count). The number of hydrogen-bond donors (Lipinski definition) is 3. The molecule has 0 aliphatic heterocycles. The largest absolute Gasteiger partial charge is 0.395 e. The van der Waals surface area contributed by atoms with Crippen LogP contribution in [-0.4, -0.2) is 19.7 Å². The second kappa shape index (κ2) is 3.89. The van der Waals surface area contributed by atoms with E-state index in [1.807, 2.05) is 0 Å². The third-order valence-corrected chi connectivity index (χ3v) is 2.65. The number of rotatable bonds is 2. The van der Waals surface area contributed by atoms with Crippen LogP contribution in [0.3, 0.4) is 0 Å². The SMILES string of the molecule is Cn1cc(N)c(Sc2nc(N)cc(=O)[nH]2)n1. The van der Waals surface area contributed by atoms with Gasteiger partial charge in [-0.25, -0.2) is 4.98 Å². The van der Waals surface area contributed by atoms with Crippen molar-refractivity contribution in [2.75, 3.05) is 11.5 Å². The second-order valence-corrected chi connectivity index (χ2v) is 4.12. The molecule has 7 nitrogen and oxygen atoms in total. The van der Waals surface area contributed by atoms with Gasteiger partial charge in [-0.15, -0.1) is 0 Å². The minimum absolute atomic E-state index is 0.167. The molecule has 0 fully saturated rings. The number of nitrogens with one attached hydrogen (secondary N) is 1. The van der Waals surface area contributed by atoms with E-state index in [1.165, 1.54) is 6.07 Å². The lowest BCUT2D eigenvalue weighted by Gasteiger charge is -1.98. The first-order valence-electron chi connectivity index (χ1n) is 4.38. The van der Waals surface area contributed by atoms with Crippen LogP contribution in [0.1, 0.15) is 0 Å². The number of nitrogen functional groups attached to an aromatic ring is 2. The maximum Gasteiger partial charge on any atom is 0.253 e. The Labute approximate surface area is 94.9 Å². The summed E-state index contributed by atoms with van der Waals surface area (Å²) in [5, 5.41) is 5.07. The standard InChI is InChI=1S/C8H10N6OS/c1-14-3-4(9)7(13-14)16-8-11-5(10)2-6(15)12-8/h2-3H,9H2,1H3,(H3,10,11,12,15). The molecule has 0 unspecified atom stereocenters. The summed E-state index contributed by atoms with van der Waals surface area (Å²) in [6.45, 7) is 0. The Morgan fingerprint density at radius 1 is 1.50 bits per heavy atom. The molecule has 2 aromatic rings. The summed E-state index contributed by atoms with van der Waals surface area (Å²) in [5.74, 6) is 0.167. The Kier molecular flexibility index (Phi) is 2.57. The molecule has 0 aliphatic carbocycles. The molecule has 0 spiro atoms. The molecule has 2 heterocycles. The molecule has 0 saturated carbocycles. The van der Waals surface area contributed by atoms with Gasteiger partial charge in [0, 0.05) is 19.3 Å². The number of nitrogens with zero attached hydrogens (tertiary/aromatic N) is 3. The van der Waals surface area contributed by atoms with Gasteiger partial charge in [0.1, 0.15) is 10.8 Å². The third kappa shape index (κ3) is 2.16. The van der Waals surface area contributed by atoms with Crippen LogP contribution in [0.2, 0.25) is 0 Å². The Bertz CT molecular complexity index is 574. The first-order valence-corrected chi connectivity index (χ1v) is 5.20. The predicted octanol–water partition coefficient (Wildman–Crippen LogP) is -0.181. The molecule has 2 aromatic heterocycles. The van der Waals surface area contributed by atoms with E-state index in [4.69, 9.17) is 11.5 Å². The van der Waals surface area contributed by atoms with Gasteiger partial charge in [-0.3, -0.25) is 9.48 Å². The highest BCUT2D eigenvalue weighted by Gasteiger charge is 2.08. The van der Waals surface area contributed by atoms with Crippen molar-refractivity contribution >= 4 is 23.3 Å². The molecule has 0 aliphatic rings. The average Bonchev–Trinajstić information content (AvgIpc) is 2.43. The molecule has 16 heavy (non-hydrogen) atoms. The van der Waals surface area contributed by atoms with Gasteiger partial charge < -0.3 is 16.5 Å². The molecule has 5 N–H and O–H groups in total. The van der Waals surface area contributed by atoms with Gasteiger partial charge in [0.25, 0.3) is 5.56 Å². The molecule has 8 heteroatoms. The molecule has 0 aromatic carbocycles. The summed E-state index contributed by atoms with van der Waals surface area (Å²) >= 11 is 1.16. The van der Waals surface area contributed by atoms with Gasteiger partial charge >= 0.3 is 0 Å². The molecule has 0 saturated heterocycles. The number of aryl methyl sites for hydroxylation is 1. The summed E-state index contributed by atoms with van der Waals surface area (Å²) in [4.78, 5) is 17.7. The van der Waals surface area contributed by atoms with E-state index in [2.05, 4.69) is 15.1 Å². The highest BCUT2D eigenvalue weighted by atomic mass is 32.2. The maximum atomic E-state index is 11.1. The van der Waals surface area contributed by atoms with Crippen molar-refractivity contribution < 1.29 is 0 Å². The fourth-order valence-electron chi connectivity index (χ4n) is 1.16. The van der Waals surface area contributed by atoms with Crippen LogP contribution in [-0.2, 0) is 7.05 Å². The van der Waals surface area contributed by atoms with Gasteiger partial charge in [0.05, 0.1) is 5.69 Å². The average molecular weight is 238 g/mol. The predicted molar refractivity (Wildman–Crippen MR) is 61.0 cm³/mol. The minimum Gasteiger partial charge on any atom is -0.395 e. The van der Waals surface area contributed by atoms with Gasteiger partial charge in [0.2, 0.25) is 0 Å². The zero-order valence-electron chi connectivity index (χ0n) is 8.47. The topological polar surface area (TPSA) is 116 Å². The highest BCUT2D eigenvalue weighted by molar-refractivity contribution is 7.99. The van der Waals surface area contributed by atoms with Crippen LogP contribution in [0.4, 0.5) is 11.5 Å². The van der Waals surface area contributed by atoms with Gasteiger partial charge in [-0.2, -0.15) is 5.10 Å². The minimum atomic E-state index is -0.301. The van der Waals surface area contributed by atoms with Crippen molar-refractivity contribution in [2.24, 2.45) is 7.05 Å². The van der Waals surface area contributed by atoms with Crippen LogP contribution < -0.4 is 17.0 Å². The number of anilines is 2. The number of hydrogen-bond acceptors (Lipinski definition) is 6. The van der Waals surface area contributed by atoms with Gasteiger partial charge in [-0.05, 0) is 11.8 Å². The van der Waals surface area contributed by atoms with Crippen molar-refractivity contribution in [3.63, 3.8) is 0 Å². The molecule has 0 amide bonds. The normalized spacial score (nSPS) is 10.6. The van der Waals surface area contributed by atoms with Crippen molar-refractivity contribution in [1.82, 2.24) is 19.7 Å². The summed E-state index contributed by atoms with van der Waals surface area (Å²) in [7, 11) is 1.76. The zero-order chi connectivity index (χ0) is 11.7. The summed E-state index contributed by atoms with van der Waals surface area (Å²) in [6.07, 6.45) is 1.67. The first kappa shape index (κ1) is 10.6. The lowest BCUT2D eigenvalue weighted by molar-refractivity contribution is 0.737. The molecule has 0 atom stereocenters. The molecular weight excluding hydrogens is 228 g/mol. The fourth-order valence-corrected chi connectivity index (χ4v) is 1.98. The molecule has 84 valence electrons. The molecule has 0 bridgehead atoms. The summed E-state index contributed by atoms with van der Waals surface area (Å²) < 4.78 is 1.59. The summed E-state index contributed by atoms with van der Waals surface area (Å²) in [5.41, 5.74) is 11.4. The highest BCUT2D eigenvalue weighted by Crippen LogP contribution is 2.27. The zero-order valence-corrected chi connectivity index (χ0v) is 9.28. The van der Waals surface area contributed by atoms with E-state index in [1.54, 1.807) is 17.9 Å². The van der Waals surface area contributed by atoms with E-state index in [-0.39, 0.29) is 11.4 Å². The van der Waals surface area contributed by atoms with Crippen LogP contribution >= 0.6 is 11.8 Å². The quantitative estimate of drug-likeness (QED) is 0.625. The van der Waals surface area contributed by atoms with Crippen molar-refractivity contribution in [1.29, 1.82) is 0 Å². The first-order chi connectivity index (χ1) is 7.54. The number of nitrogens with two attached hydrogens (primary N) is 2. The van der Waals surface area contributed by atoms with Crippen LogP contribution in [0.15, 0.2) is 27.2 Å². The lowest BCUT2D eigenvalue weighted by Crippen LogP contribution is -2.09. The van der Waals surface area contributed by atoms with E-state index in [0.717, 1.165) is 11.8 Å². The molecular formula is C8H10N6OS. The van der Waals surface area contributed by atoms with E-state index in [0.29, 0.717) is 15.9 Å². The number of H-pyrrole nitrogens is 1. The third-order valence-electron chi connectivity index (χ3n) is 1.75. The fraction of sp³-hybridized carbons (Fsp3) is 0.125. The Hall–Kier alpha value is -1.96. The van der Waals surface area contributed by atoms with E-state index < -0.39 is 0 Å². The monoisotopic (exact) mass is 238 g/mol. The molecule has 0 radical (unpaired) electrons. The Morgan fingerprint density at radius 2 is 2.25 bits per heavy atom. The lowest BCUT2D eigenvalue weighted by atomic mass is 10.6. The van der Waals surface area contributed by atoms with Crippen molar-refractivity contribution in [2.45, 2.75) is 10.2 Å². The Morgan fingerprint density at radius 3 is 2.81 bits per heavy atom. The maximum absolute atomic E-state index is 11.1. The van der Waals surface area contributed by atoms with Gasteiger partial charge in [-0.1, -0.05) is 0 Å². The Balaban J connectivity index is 2.33. The smallest absolute Gasteiger partial charge is 0.253 e. The van der Waals surface area contributed by atoms with E-state index in [9.17, 15) is 4.79 Å². The van der Waals surface area contributed by atoms with Crippen molar-refractivity contribution in [3.8, 4) is 0 Å².